The molecule has 0 bridgehead atoms. The number of thioether (sulfide) groups is 1. The lowest BCUT2D eigenvalue weighted by Crippen LogP contribution is -2.28. The highest BCUT2D eigenvalue weighted by atomic mass is 32.2. The van der Waals surface area contributed by atoms with Gasteiger partial charge in [0.05, 0.1) is 23.8 Å². The van der Waals surface area contributed by atoms with E-state index in [-0.39, 0.29) is 28.9 Å². The van der Waals surface area contributed by atoms with Gasteiger partial charge in [0.1, 0.15) is 6.54 Å². The normalized spacial score (nSPS) is 10.7. The van der Waals surface area contributed by atoms with E-state index in [1.807, 2.05) is 54.6 Å². The summed E-state index contributed by atoms with van der Waals surface area (Å²) < 4.78 is 5.94. The second-order valence-corrected chi connectivity index (χ2v) is 8.10. The van der Waals surface area contributed by atoms with Crippen molar-refractivity contribution < 1.29 is 14.3 Å². The molecule has 4 aromatic rings. The van der Waals surface area contributed by atoms with Crippen molar-refractivity contribution in [1.82, 2.24) is 9.55 Å². The van der Waals surface area contributed by atoms with Gasteiger partial charge < -0.3 is 10.1 Å². The molecular weight excluding hydrogens is 438 g/mol. The highest BCUT2D eigenvalue weighted by Gasteiger charge is 2.16. The van der Waals surface area contributed by atoms with Crippen LogP contribution >= 0.6 is 11.8 Å². The van der Waals surface area contributed by atoms with Gasteiger partial charge in [-0.1, -0.05) is 66.4 Å². The summed E-state index contributed by atoms with van der Waals surface area (Å²) in [5, 5.41) is 3.52. The summed E-state index contributed by atoms with van der Waals surface area (Å²) in [6, 6.07) is 24.4. The van der Waals surface area contributed by atoms with Crippen molar-refractivity contribution in [2.24, 2.45) is 0 Å². The Bertz CT molecular complexity index is 1350. The van der Waals surface area contributed by atoms with Crippen LogP contribution in [0.5, 0.6) is 0 Å². The van der Waals surface area contributed by atoms with Gasteiger partial charge in [-0.2, -0.15) is 0 Å². The Hall–Kier alpha value is -3.91. The van der Waals surface area contributed by atoms with Crippen LogP contribution in [0.4, 0.5) is 5.69 Å². The molecule has 1 N–H and O–H groups in total. The van der Waals surface area contributed by atoms with Crippen LogP contribution in [-0.2, 0) is 20.9 Å². The minimum atomic E-state index is -0.570. The Balaban J connectivity index is 1.48. The third-order valence-corrected chi connectivity index (χ3v) is 5.93. The van der Waals surface area contributed by atoms with Crippen molar-refractivity contribution in [3.63, 3.8) is 0 Å². The molecule has 1 amide bonds. The largest absolute Gasteiger partial charge is 0.468 e. The Labute approximate surface area is 194 Å². The zero-order valence-corrected chi connectivity index (χ0v) is 18.7. The maximum Gasteiger partial charge on any atom is 0.325 e. The van der Waals surface area contributed by atoms with E-state index in [4.69, 9.17) is 4.74 Å². The standard InChI is InChI=1S/C25H21N3O4S/c1-32-23(30)15-28-24(31)20-9-5-6-10-21(20)27-25(28)33-16-22(29)26-19-13-11-18(12-14-19)17-7-3-2-4-8-17/h2-14H,15-16H2,1H3,(H,26,29). The molecule has 7 nitrogen and oxygen atoms in total. The molecule has 0 aliphatic rings. The quantitative estimate of drug-likeness (QED) is 0.256. The van der Waals surface area contributed by atoms with E-state index < -0.39 is 5.97 Å². The van der Waals surface area contributed by atoms with Crippen LogP contribution in [0.15, 0.2) is 88.8 Å². The van der Waals surface area contributed by atoms with Crippen LogP contribution in [-0.4, -0.2) is 34.3 Å². The first-order chi connectivity index (χ1) is 16.0. The second-order valence-electron chi connectivity index (χ2n) is 7.16. The molecule has 0 atom stereocenters. The number of benzene rings is 3. The van der Waals surface area contributed by atoms with Gasteiger partial charge in [-0.25, -0.2) is 4.98 Å². The summed E-state index contributed by atoms with van der Waals surface area (Å²) in [4.78, 5) is 41.7. The predicted octanol–water partition coefficient (Wildman–Crippen LogP) is 3.97. The third kappa shape index (κ3) is 5.30. The molecule has 0 aliphatic heterocycles. The monoisotopic (exact) mass is 459 g/mol. The van der Waals surface area contributed by atoms with E-state index in [1.165, 1.54) is 11.7 Å². The fraction of sp³-hybridized carbons (Fsp3) is 0.120. The van der Waals surface area contributed by atoms with Gasteiger partial charge in [0.15, 0.2) is 5.16 Å². The van der Waals surface area contributed by atoms with Crippen LogP contribution in [0.3, 0.4) is 0 Å². The summed E-state index contributed by atoms with van der Waals surface area (Å²) in [6.07, 6.45) is 0. The van der Waals surface area contributed by atoms with Crippen molar-refractivity contribution in [3.05, 3.63) is 89.2 Å². The van der Waals surface area contributed by atoms with Gasteiger partial charge in [-0.05, 0) is 35.4 Å². The Morgan fingerprint density at radius 2 is 1.61 bits per heavy atom. The molecular formula is C25H21N3O4S. The van der Waals surface area contributed by atoms with Crippen LogP contribution in [0.2, 0.25) is 0 Å². The zero-order valence-electron chi connectivity index (χ0n) is 17.9. The van der Waals surface area contributed by atoms with Crippen molar-refractivity contribution in [3.8, 4) is 11.1 Å². The van der Waals surface area contributed by atoms with Crippen LogP contribution in [0, 0.1) is 0 Å². The first-order valence-electron chi connectivity index (χ1n) is 10.2. The van der Waals surface area contributed by atoms with Gasteiger partial charge in [0, 0.05) is 5.69 Å². The van der Waals surface area contributed by atoms with Gasteiger partial charge in [-0.3, -0.25) is 19.0 Å². The number of aromatic nitrogens is 2. The van der Waals surface area contributed by atoms with Crippen molar-refractivity contribution in [1.29, 1.82) is 0 Å². The van der Waals surface area contributed by atoms with Crippen molar-refractivity contribution in [2.45, 2.75) is 11.7 Å². The highest BCUT2D eigenvalue weighted by molar-refractivity contribution is 7.99. The smallest absolute Gasteiger partial charge is 0.325 e. The van der Waals surface area contributed by atoms with Gasteiger partial charge in [-0.15, -0.1) is 0 Å². The lowest BCUT2D eigenvalue weighted by molar-refractivity contribution is -0.141. The summed E-state index contributed by atoms with van der Waals surface area (Å²) in [5.74, 6) is -0.801. The molecule has 3 aromatic carbocycles. The second kappa shape index (κ2) is 10.1. The summed E-state index contributed by atoms with van der Waals surface area (Å²) in [5.41, 5.74) is 2.96. The summed E-state index contributed by atoms with van der Waals surface area (Å²) in [6.45, 7) is -0.280. The predicted molar refractivity (Wildman–Crippen MR) is 129 cm³/mol. The molecule has 0 saturated carbocycles. The molecule has 0 fully saturated rings. The number of fused-ring (bicyclic) bond motifs is 1. The maximum atomic E-state index is 12.9. The third-order valence-electron chi connectivity index (χ3n) is 4.95. The number of esters is 1. The number of hydrogen-bond acceptors (Lipinski definition) is 6. The molecule has 1 aromatic heterocycles. The molecule has 4 rings (SSSR count). The van der Waals surface area contributed by atoms with Gasteiger partial charge >= 0.3 is 5.97 Å². The molecule has 0 spiro atoms. The average molecular weight is 460 g/mol. The molecule has 0 saturated heterocycles. The molecule has 1 heterocycles. The average Bonchev–Trinajstić information content (AvgIpc) is 2.85. The lowest BCUT2D eigenvalue weighted by Gasteiger charge is -2.12. The topological polar surface area (TPSA) is 90.3 Å². The first-order valence-corrected chi connectivity index (χ1v) is 11.2. The van der Waals surface area contributed by atoms with E-state index in [1.54, 1.807) is 24.3 Å². The van der Waals surface area contributed by atoms with Crippen molar-refractivity contribution >= 4 is 40.2 Å². The van der Waals surface area contributed by atoms with E-state index in [0.717, 1.165) is 22.9 Å². The number of anilines is 1. The minimum absolute atomic E-state index is 0.0202. The fourth-order valence-electron chi connectivity index (χ4n) is 3.29. The number of nitrogens with zero attached hydrogens (tertiary/aromatic N) is 2. The van der Waals surface area contributed by atoms with Crippen LogP contribution < -0.4 is 10.9 Å². The number of hydrogen-bond donors (Lipinski definition) is 1. The number of carbonyl (C=O) groups excluding carboxylic acids is 2. The van der Waals surface area contributed by atoms with E-state index in [0.29, 0.717) is 16.6 Å². The van der Waals surface area contributed by atoms with E-state index in [2.05, 4.69) is 10.3 Å². The Kier molecular flexibility index (Phi) is 6.85. The Morgan fingerprint density at radius 1 is 0.939 bits per heavy atom. The maximum absolute atomic E-state index is 12.9. The minimum Gasteiger partial charge on any atom is -0.468 e. The van der Waals surface area contributed by atoms with E-state index in [9.17, 15) is 14.4 Å². The molecule has 8 heteroatoms. The van der Waals surface area contributed by atoms with Gasteiger partial charge in [0.25, 0.3) is 5.56 Å². The molecule has 33 heavy (non-hydrogen) atoms. The summed E-state index contributed by atoms with van der Waals surface area (Å²) >= 11 is 1.09. The number of rotatable bonds is 7. The van der Waals surface area contributed by atoms with Gasteiger partial charge in [0.2, 0.25) is 5.91 Å². The SMILES string of the molecule is COC(=O)Cn1c(SCC(=O)Nc2ccc(-c3ccccc3)cc2)nc2ccccc2c1=O. The Morgan fingerprint density at radius 3 is 2.33 bits per heavy atom. The van der Waals surface area contributed by atoms with Crippen LogP contribution in [0.25, 0.3) is 22.0 Å². The van der Waals surface area contributed by atoms with Crippen LogP contribution in [0.1, 0.15) is 0 Å². The number of para-hydroxylation sites is 1. The molecule has 0 unspecified atom stereocenters. The molecule has 0 aliphatic carbocycles. The fourth-order valence-corrected chi connectivity index (χ4v) is 4.09. The molecule has 0 radical (unpaired) electrons. The zero-order chi connectivity index (χ0) is 23.2. The number of ether oxygens (including phenoxy) is 1. The number of nitrogens with one attached hydrogen (secondary N) is 1. The lowest BCUT2D eigenvalue weighted by atomic mass is 10.1. The highest BCUT2D eigenvalue weighted by Crippen LogP contribution is 2.22. The van der Waals surface area contributed by atoms with Crippen molar-refractivity contribution in [2.75, 3.05) is 18.2 Å². The number of methoxy groups -OCH3 is 1. The molecule has 166 valence electrons. The van der Waals surface area contributed by atoms with E-state index >= 15 is 0 Å². The number of amides is 1. The summed E-state index contributed by atoms with van der Waals surface area (Å²) in [7, 11) is 1.26. The number of carbonyl (C=O) groups is 2. The first kappa shape index (κ1) is 22.3.